The molecular formula is C17H12Cl2N4O2S. The molecule has 1 aromatic carbocycles. The van der Waals surface area contributed by atoms with Gasteiger partial charge < -0.3 is 14.9 Å². The van der Waals surface area contributed by atoms with Crippen molar-refractivity contribution in [3.8, 4) is 0 Å². The zero-order valence-electron chi connectivity index (χ0n) is 13.5. The van der Waals surface area contributed by atoms with Gasteiger partial charge in [-0.05, 0) is 29.6 Å². The Balaban J connectivity index is 1.65. The zero-order valence-corrected chi connectivity index (χ0v) is 15.8. The van der Waals surface area contributed by atoms with E-state index in [2.05, 4.69) is 15.0 Å². The summed E-state index contributed by atoms with van der Waals surface area (Å²) in [5.74, 6) is 0.0995. The second-order valence-corrected chi connectivity index (χ2v) is 7.54. The third-order valence-corrected chi connectivity index (χ3v) is 5.54. The quantitative estimate of drug-likeness (QED) is 0.538. The Bertz CT molecular complexity index is 1210. The van der Waals surface area contributed by atoms with Crippen LogP contribution in [0.25, 0.3) is 21.1 Å². The summed E-state index contributed by atoms with van der Waals surface area (Å²) in [6, 6.07) is 6.97. The molecule has 1 amide bonds. The van der Waals surface area contributed by atoms with E-state index in [1.165, 1.54) is 16.2 Å². The van der Waals surface area contributed by atoms with Gasteiger partial charge in [0.2, 0.25) is 0 Å². The van der Waals surface area contributed by atoms with E-state index < -0.39 is 0 Å². The minimum absolute atomic E-state index is 0.145. The number of fused-ring (bicyclic) bond motifs is 2. The highest BCUT2D eigenvalue weighted by molar-refractivity contribution is 7.17. The SMILES string of the molecule is CN(Cc1nc2ccsc2c(=O)[nH]1)C(=O)c1[nH]c2ccc(Cl)cc2c1Cl. The fourth-order valence-electron chi connectivity index (χ4n) is 2.76. The van der Waals surface area contributed by atoms with E-state index in [4.69, 9.17) is 23.2 Å². The summed E-state index contributed by atoms with van der Waals surface area (Å²) in [6.07, 6.45) is 0. The number of aromatic amines is 2. The van der Waals surface area contributed by atoms with E-state index in [9.17, 15) is 9.59 Å². The van der Waals surface area contributed by atoms with Crippen LogP contribution in [0.2, 0.25) is 10.0 Å². The number of hydrogen-bond acceptors (Lipinski definition) is 4. The molecule has 0 aliphatic heterocycles. The Morgan fingerprint density at radius 1 is 1.27 bits per heavy atom. The molecule has 0 saturated carbocycles. The number of H-pyrrole nitrogens is 2. The van der Waals surface area contributed by atoms with Crippen LogP contribution in [0.3, 0.4) is 0 Å². The van der Waals surface area contributed by atoms with Crippen LogP contribution in [0.5, 0.6) is 0 Å². The number of hydrogen-bond donors (Lipinski definition) is 2. The van der Waals surface area contributed by atoms with Gasteiger partial charge in [0.25, 0.3) is 11.5 Å². The van der Waals surface area contributed by atoms with Crippen LogP contribution < -0.4 is 5.56 Å². The number of nitrogens with one attached hydrogen (secondary N) is 2. The van der Waals surface area contributed by atoms with Crippen LogP contribution in [-0.4, -0.2) is 32.8 Å². The second-order valence-electron chi connectivity index (χ2n) is 5.81. The average molecular weight is 407 g/mol. The third kappa shape index (κ3) is 2.88. The van der Waals surface area contributed by atoms with Crippen LogP contribution >= 0.6 is 34.5 Å². The predicted octanol–water partition coefficient (Wildman–Crippen LogP) is 4.04. The summed E-state index contributed by atoms with van der Waals surface area (Å²) in [7, 11) is 1.62. The largest absolute Gasteiger partial charge is 0.349 e. The van der Waals surface area contributed by atoms with Gasteiger partial charge in [0.05, 0.1) is 17.1 Å². The highest BCUT2D eigenvalue weighted by atomic mass is 35.5. The monoisotopic (exact) mass is 406 g/mol. The number of benzene rings is 1. The standard InChI is InChI=1S/C17H12Cl2N4O2S/c1-23(7-12-20-11-4-5-26-15(11)16(24)22-12)17(25)14-13(19)9-6-8(18)2-3-10(9)21-14/h2-6,21H,7H2,1H3,(H,20,22,24). The maximum Gasteiger partial charge on any atom is 0.272 e. The van der Waals surface area contributed by atoms with Gasteiger partial charge in [-0.15, -0.1) is 11.3 Å². The molecular weight excluding hydrogens is 395 g/mol. The van der Waals surface area contributed by atoms with E-state index in [1.54, 1.807) is 36.7 Å². The lowest BCUT2D eigenvalue weighted by Crippen LogP contribution is -2.28. The minimum Gasteiger partial charge on any atom is -0.349 e. The zero-order chi connectivity index (χ0) is 18.4. The van der Waals surface area contributed by atoms with Crippen molar-refractivity contribution >= 4 is 61.6 Å². The maximum absolute atomic E-state index is 12.8. The van der Waals surface area contributed by atoms with E-state index >= 15 is 0 Å². The fraction of sp³-hybridized carbons (Fsp3) is 0.118. The van der Waals surface area contributed by atoms with Crippen molar-refractivity contribution in [1.29, 1.82) is 0 Å². The van der Waals surface area contributed by atoms with Gasteiger partial charge in [0.1, 0.15) is 16.2 Å². The van der Waals surface area contributed by atoms with Crippen molar-refractivity contribution < 1.29 is 4.79 Å². The van der Waals surface area contributed by atoms with Crippen molar-refractivity contribution in [2.45, 2.75) is 6.54 Å². The molecule has 0 unspecified atom stereocenters. The lowest BCUT2D eigenvalue weighted by molar-refractivity contribution is 0.0777. The molecule has 0 bridgehead atoms. The molecule has 4 rings (SSSR count). The number of thiophene rings is 1. The molecule has 0 aliphatic carbocycles. The molecule has 26 heavy (non-hydrogen) atoms. The minimum atomic E-state index is -0.310. The molecule has 3 aromatic heterocycles. The fourth-order valence-corrected chi connectivity index (χ4v) is 3.94. The smallest absolute Gasteiger partial charge is 0.272 e. The Morgan fingerprint density at radius 2 is 2.08 bits per heavy atom. The molecule has 0 fully saturated rings. The molecule has 0 atom stereocenters. The van der Waals surface area contributed by atoms with Gasteiger partial charge in [-0.3, -0.25) is 9.59 Å². The van der Waals surface area contributed by atoms with Crippen LogP contribution in [0.15, 0.2) is 34.4 Å². The Morgan fingerprint density at radius 3 is 2.88 bits per heavy atom. The van der Waals surface area contributed by atoms with Crippen LogP contribution in [0.4, 0.5) is 0 Å². The summed E-state index contributed by atoms with van der Waals surface area (Å²) in [5.41, 5.74) is 1.40. The van der Waals surface area contributed by atoms with Crippen molar-refractivity contribution in [3.05, 3.63) is 61.6 Å². The summed E-state index contributed by atoms with van der Waals surface area (Å²) >= 11 is 13.7. The molecule has 4 aromatic rings. The molecule has 132 valence electrons. The van der Waals surface area contributed by atoms with Crippen LogP contribution in [0.1, 0.15) is 16.3 Å². The van der Waals surface area contributed by atoms with Crippen molar-refractivity contribution in [3.63, 3.8) is 0 Å². The number of rotatable bonds is 3. The molecule has 2 N–H and O–H groups in total. The lowest BCUT2D eigenvalue weighted by Gasteiger charge is -2.16. The molecule has 0 aliphatic rings. The molecule has 0 spiro atoms. The number of amides is 1. The van der Waals surface area contributed by atoms with Gasteiger partial charge in [-0.25, -0.2) is 4.98 Å². The first-order chi connectivity index (χ1) is 12.4. The first kappa shape index (κ1) is 17.1. The first-order valence-corrected chi connectivity index (χ1v) is 9.26. The number of aromatic nitrogens is 3. The topological polar surface area (TPSA) is 81.8 Å². The summed E-state index contributed by atoms with van der Waals surface area (Å²) < 4.78 is 0.568. The Hall–Kier alpha value is -2.35. The van der Waals surface area contributed by atoms with Gasteiger partial charge in [0.15, 0.2) is 0 Å². The molecule has 3 heterocycles. The summed E-state index contributed by atoms with van der Waals surface area (Å²) in [4.78, 5) is 36.4. The average Bonchev–Trinajstić information content (AvgIpc) is 3.20. The number of halogens is 2. The van der Waals surface area contributed by atoms with Crippen LogP contribution in [-0.2, 0) is 6.54 Å². The molecule has 0 radical (unpaired) electrons. The Kier molecular flexibility index (Phi) is 4.22. The van der Waals surface area contributed by atoms with E-state index in [-0.39, 0.29) is 23.7 Å². The highest BCUT2D eigenvalue weighted by Crippen LogP contribution is 2.30. The maximum atomic E-state index is 12.8. The second kappa shape index (κ2) is 6.42. The van der Waals surface area contributed by atoms with Gasteiger partial charge in [0, 0.05) is 23.0 Å². The van der Waals surface area contributed by atoms with E-state index in [0.29, 0.717) is 31.5 Å². The third-order valence-electron chi connectivity index (χ3n) is 4.01. The summed E-state index contributed by atoms with van der Waals surface area (Å²) in [6.45, 7) is 0.145. The van der Waals surface area contributed by atoms with Gasteiger partial charge in [-0.1, -0.05) is 23.2 Å². The molecule has 6 nitrogen and oxygen atoms in total. The first-order valence-electron chi connectivity index (χ1n) is 7.62. The summed E-state index contributed by atoms with van der Waals surface area (Å²) in [5, 5.41) is 3.34. The van der Waals surface area contributed by atoms with Crippen LogP contribution in [0, 0.1) is 0 Å². The number of carbonyl (C=O) groups excluding carboxylic acids is 1. The Labute approximate surface area is 161 Å². The van der Waals surface area contributed by atoms with Crippen molar-refractivity contribution in [1.82, 2.24) is 19.9 Å². The predicted molar refractivity (Wildman–Crippen MR) is 104 cm³/mol. The van der Waals surface area contributed by atoms with Gasteiger partial charge >= 0.3 is 0 Å². The van der Waals surface area contributed by atoms with Gasteiger partial charge in [-0.2, -0.15) is 0 Å². The number of carbonyl (C=O) groups is 1. The normalized spacial score (nSPS) is 11.3. The highest BCUT2D eigenvalue weighted by Gasteiger charge is 2.21. The van der Waals surface area contributed by atoms with Crippen molar-refractivity contribution in [2.24, 2.45) is 0 Å². The van der Waals surface area contributed by atoms with E-state index in [1.807, 2.05) is 0 Å². The van der Waals surface area contributed by atoms with Crippen molar-refractivity contribution in [2.75, 3.05) is 7.05 Å². The molecule has 9 heteroatoms. The lowest BCUT2D eigenvalue weighted by atomic mass is 10.2. The van der Waals surface area contributed by atoms with E-state index in [0.717, 1.165) is 5.52 Å². The number of nitrogens with zero attached hydrogens (tertiary/aromatic N) is 2. The molecule has 0 saturated heterocycles.